The monoisotopic (exact) mass is 335 g/mol. The van der Waals surface area contributed by atoms with Crippen LogP contribution in [0.4, 0.5) is 0 Å². The maximum atomic E-state index is 5.88. The summed E-state index contributed by atoms with van der Waals surface area (Å²) >= 11 is 3.40. The number of ether oxygens (including phenoxy) is 1. The molecule has 2 aromatic rings. The van der Waals surface area contributed by atoms with E-state index in [0.29, 0.717) is 5.88 Å². The zero-order chi connectivity index (χ0) is 14.7. The van der Waals surface area contributed by atoms with E-state index in [1.807, 2.05) is 19.1 Å². The molecule has 0 N–H and O–H groups in total. The summed E-state index contributed by atoms with van der Waals surface area (Å²) in [5, 5.41) is 0. The molecule has 0 atom stereocenters. The molecule has 0 aliphatic heterocycles. The Morgan fingerprint density at radius 2 is 1.95 bits per heavy atom. The highest BCUT2D eigenvalue weighted by Gasteiger charge is 2.11. The first-order valence-electron chi connectivity index (χ1n) is 6.68. The highest BCUT2D eigenvalue weighted by molar-refractivity contribution is 9.10. The fourth-order valence-electron chi connectivity index (χ4n) is 1.78. The first-order valence-corrected chi connectivity index (χ1v) is 7.47. The van der Waals surface area contributed by atoms with Crippen molar-refractivity contribution in [2.75, 3.05) is 0 Å². The van der Waals surface area contributed by atoms with Crippen LogP contribution in [0.25, 0.3) is 0 Å². The van der Waals surface area contributed by atoms with Crippen molar-refractivity contribution < 1.29 is 4.74 Å². The van der Waals surface area contributed by atoms with Crippen LogP contribution in [-0.4, -0.2) is 15.0 Å². The maximum Gasteiger partial charge on any atom is 0.223 e. The third-order valence-electron chi connectivity index (χ3n) is 2.83. The lowest BCUT2D eigenvalue weighted by Gasteiger charge is -2.11. The van der Waals surface area contributed by atoms with Gasteiger partial charge in [-0.1, -0.05) is 20.8 Å². The van der Waals surface area contributed by atoms with Gasteiger partial charge >= 0.3 is 0 Å². The lowest BCUT2D eigenvalue weighted by molar-refractivity contribution is 0.447. The topological polar surface area (TPSA) is 47.9 Å². The molecule has 0 bridgehead atoms. The Labute approximate surface area is 127 Å². The minimum Gasteiger partial charge on any atom is -0.437 e. The van der Waals surface area contributed by atoms with Crippen molar-refractivity contribution in [2.45, 2.75) is 40.0 Å². The molecule has 0 saturated carbocycles. The van der Waals surface area contributed by atoms with Gasteiger partial charge in [0.05, 0.1) is 5.69 Å². The molecule has 0 spiro atoms. The number of rotatable bonds is 4. The van der Waals surface area contributed by atoms with E-state index in [2.05, 4.69) is 51.7 Å². The fourth-order valence-corrected chi connectivity index (χ4v) is 2.16. The van der Waals surface area contributed by atoms with Gasteiger partial charge in [-0.2, -0.15) is 4.98 Å². The van der Waals surface area contributed by atoms with Gasteiger partial charge in [0.15, 0.2) is 5.75 Å². The molecule has 106 valence electrons. The SMILES string of the molecule is CCc1nc(C)ccc1Oc1cc(Br)nc(C(C)C)n1. The van der Waals surface area contributed by atoms with Gasteiger partial charge in [0.25, 0.3) is 0 Å². The second-order valence-corrected chi connectivity index (χ2v) is 5.71. The van der Waals surface area contributed by atoms with Crippen molar-refractivity contribution in [3.63, 3.8) is 0 Å². The Balaban J connectivity index is 2.34. The Morgan fingerprint density at radius 3 is 2.60 bits per heavy atom. The summed E-state index contributed by atoms with van der Waals surface area (Å²) < 4.78 is 6.61. The largest absolute Gasteiger partial charge is 0.437 e. The fraction of sp³-hybridized carbons (Fsp3) is 0.400. The zero-order valence-corrected chi connectivity index (χ0v) is 13.7. The normalized spacial score (nSPS) is 10.9. The first-order chi connectivity index (χ1) is 9.49. The highest BCUT2D eigenvalue weighted by Crippen LogP contribution is 2.26. The van der Waals surface area contributed by atoms with E-state index >= 15 is 0 Å². The quantitative estimate of drug-likeness (QED) is 0.776. The van der Waals surface area contributed by atoms with Crippen molar-refractivity contribution in [2.24, 2.45) is 0 Å². The third-order valence-corrected chi connectivity index (χ3v) is 3.23. The highest BCUT2D eigenvalue weighted by atomic mass is 79.9. The van der Waals surface area contributed by atoms with Crippen LogP contribution in [0.15, 0.2) is 22.8 Å². The van der Waals surface area contributed by atoms with E-state index in [-0.39, 0.29) is 5.92 Å². The molecule has 2 heterocycles. The molecule has 5 heteroatoms. The van der Waals surface area contributed by atoms with Gasteiger partial charge < -0.3 is 4.74 Å². The number of aryl methyl sites for hydroxylation is 2. The molecule has 2 rings (SSSR count). The maximum absolute atomic E-state index is 5.88. The lowest BCUT2D eigenvalue weighted by atomic mass is 10.2. The van der Waals surface area contributed by atoms with E-state index < -0.39 is 0 Å². The number of hydrogen-bond donors (Lipinski definition) is 0. The summed E-state index contributed by atoms with van der Waals surface area (Å²) in [5.41, 5.74) is 1.92. The molecule has 4 nitrogen and oxygen atoms in total. The third kappa shape index (κ3) is 3.54. The van der Waals surface area contributed by atoms with Gasteiger partial charge in [0.1, 0.15) is 10.4 Å². The Morgan fingerprint density at radius 1 is 1.20 bits per heavy atom. The molecular weight excluding hydrogens is 318 g/mol. The Kier molecular flexibility index (Phi) is 4.70. The number of pyridine rings is 1. The van der Waals surface area contributed by atoms with Crippen LogP contribution in [-0.2, 0) is 6.42 Å². The molecule has 0 amide bonds. The van der Waals surface area contributed by atoms with Gasteiger partial charge in [-0.25, -0.2) is 4.98 Å². The van der Waals surface area contributed by atoms with E-state index in [0.717, 1.165) is 34.0 Å². The van der Waals surface area contributed by atoms with Crippen molar-refractivity contribution in [3.8, 4) is 11.6 Å². The molecule has 0 fully saturated rings. The summed E-state index contributed by atoms with van der Waals surface area (Å²) in [6.45, 7) is 8.14. The molecule has 20 heavy (non-hydrogen) atoms. The summed E-state index contributed by atoms with van der Waals surface area (Å²) in [6, 6.07) is 5.64. The molecule has 0 unspecified atom stereocenters. The average Bonchev–Trinajstić information content (AvgIpc) is 2.40. The van der Waals surface area contributed by atoms with Crippen LogP contribution in [0.1, 0.15) is 43.9 Å². The average molecular weight is 336 g/mol. The van der Waals surface area contributed by atoms with Gasteiger partial charge in [0, 0.05) is 17.7 Å². The van der Waals surface area contributed by atoms with E-state index in [1.54, 1.807) is 6.07 Å². The van der Waals surface area contributed by atoms with Crippen LogP contribution in [0.3, 0.4) is 0 Å². The van der Waals surface area contributed by atoms with E-state index in [1.165, 1.54) is 0 Å². The Bertz CT molecular complexity index is 614. The summed E-state index contributed by atoms with van der Waals surface area (Å²) in [4.78, 5) is 13.3. The van der Waals surface area contributed by atoms with Gasteiger partial charge in [-0.3, -0.25) is 4.98 Å². The molecule has 0 aliphatic carbocycles. The van der Waals surface area contributed by atoms with Gasteiger partial charge in [-0.05, 0) is 41.4 Å². The van der Waals surface area contributed by atoms with E-state index in [9.17, 15) is 0 Å². The molecule has 0 aromatic carbocycles. The van der Waals surface area contributed by atoms with E-state index in [4.69, 9.17) is 4.74 Å². The van der Waals surface area contributed by atoms with Crippen LogP contribution < -0.4 is 4.74 Å². The minimum atomic E-state index is 0.247. The predicted octanol–water partition coefficient (Wildman–Crippen LogP) is 4.42. The zero-order valence-electron chi connectivity index (χ0n) is 12.1. The van der Waals surface area contributed by atoms with Crippen molar-refractivity contribution in [1.82, 2.24) is 15.0 Å². The second-order valence-electron chi connectivity index (χ2n) is 4.89. The minimum absolute atomic E-state index is 0.247. The second kappa shape index (κ2) is 6.31. The Hall–Kier alpha value is -1.49. The molecule has 2 aromatic heterocycles. The van der Waals surface area contributed by atoms with Crippen molar-refractivity contribution in [1.29, 1.82) is 0 Å². The van der Waals surface area contributed by atoms with Gasteiger partial charge in [-0.15, -0.1) is 0 Å². The van der Waals surface area contributed by atoms with Crippen molar-refractivity contribution in [3.05, 3.63) is 40.0 Å². The van der Waals surface area contributed by atoms with Crippen LogP contribution >= 0.6 is 15.9 Å². The summed E-state index contributed by atoms with van der Waals surface area (Å²) in [5.74, 6) is 2.29. The van der Waals surface area contributed by atoms with Crippen molar-refractivity contribution >= 4 is 15.9 Å². The predicted molar refractivity (Wildman–Crippen MR) is 82.2 cm³/mol. The summed E-state index contributed by atoms with van der Waals surface area (Å²) in [7, 11) is 0. The number of aromatic nitrogens is 3. The van der Waals surface area contributed by atoms with Crippen LogP contribution in [0.5, 0.6) is 11.6 Å². The summed E-state index contributed by atoms with van der Waals surface area (Å²) in [6.07, 6.45) is 0.820. The number of nitrogens with zero attached hydrogens (tertiary/aromatic N) is 3. The van der Waals surface area contributed by atoms with Gasteiger partial charge in [0.2, 0.25) is 5.88 Å². The molecule has 0 radical (unpaired) electrons. The standard InChI is InChI=1S/C15H18BrN3O/c1-5-11-12(7-6-10(4)17-11)20-14-8-13(16)18-15(19-14)9(2)3/h6-9H,5H2,1-4H3. The number of halogens is 1. The molecule has 0 aliphatic rings. The van der Waals surface area contributed by atoms with Crippen LogP contribution in [0, 0.1) is 6.92 Å². The lowest BCUT2D eigenvalue weighted by Crippen LogP contribution is -2.01. The van der Waals surface area contributed by atoms with Crippen LogP contribution in [0.2, 0.25) is 0 Å². The number of hydrogen-bond acceptors (Lipinski definition) is 4. The smallest absolute Gasteiger partial charge is 0.223 e. The molecule has 0 saturated heterocycles. The molecular formula is C15H18BrN3O. The first kappa shape index (κ1) is 14.9.